The lowest BCUT2D eigenvalue weighted by molar-refractivity contribution is -0.142. The zero-order chi connectivity index (χ0) is 25.3. The highest BCUT2D eigenvalue weighted by molar-refractivity contribution is 5.91. The minimum Gasteiger partial charge on any atom is -0.480 e. The van der Waals surface area contributed by atoms with Crippen molar-refractivity contribution in [3.8, 4) is 0 Å². The van der Waals surface area contributed by atoms with Crippen molar-refractivity contribution >= 4 is 28.4 Å². The molecule has 5 heteroatoms. The normalized spacial score (nSPS) is 12.6. The van der Waals surface area contributed by atoms with Crippen molar-refractivity contribution in [2.45, 2.75) is 31.7 Å². The predicted molar refractivity (Wildman–Crippen MR) is 141 cm³/mol. The first-order chi connectivity index (χ1) is 17.5. The molecule has 5 nitrogen and oxygen atoms in total. The van der Waals surface area contributed by atoms with Crippen LogP contribution in [0.5, 0.6) is 0 Å². The van der Waals surface area contributed by atoms with Gasteiger partial charge in [-0.15, -0.1) is 0 Å². The number of aliphatic carboxylic acids is 1. The highest BCUT2D eigenvalue weighted by Gasteiger charge is 2.27. The van der Waals surface area contributed by atoms with Gasteiger partial charge in [0.2, 0.25) is 5.91 Å². The van der Waals surface area contributed by atoms with Crippen molar-refractivity contribution in [1.29, 1.82) is 0 Å². The molecular weight excluding hydrogens is 450 g/mol. The van der Waals surface area contributed by atoms with Gasteiger partial charge in [-0.3, -0.25) is 9.59 Å². The Kier molecular flexibility index (Phi) is 8.24. The number of carboxylic acid groups (broad SMARTS) is 1. The van der Waals surface area contributed by atoms with E-state index in [1.807, 2.05) is 103 Å². The molecule has 2 N–H and O–H groups in total. The number of amides is 1. The number of carbonyl (C=O) groups excluding carboxylic acids is 2. The molecule has 1 amide bonds. The standard InChI is InChI=1S/C31H29NO4/c33-28(19-24-15-16-25-13-7-8-14-26(25)18-24)21-27(17-22-9-3-1-4-10-22)30(34)32-29(31(35)36)20-23-11-5-2-6-12-23/h1-16,18,27,29H,17,19-21H2,(H,32,34)(H,35,36)/t27-,29+/m1/s1. The molecule has 0 radical (unpaired) electrons. The van der Waals surface area contributed by atoms with Gasteiger partial charge < -0.3 is 10.4 Å². The lowest BCUT2D eigenvalue weighted by atomic mass is 9.90. The second-order valence-electron chi connectivity index (χ2n) is 9.08. The molecule has 0 unspecified atom stereocenters. The van der Waals surface area contributed by atoms with Gasteiger partial charge in [0.25, 0.3) is 0 Å². The first kappa shape index (κ1) is 24.9. The summed E-state index contributed by atoms with van der Waals surface area (Å²) in [6.45, 7) is 0. The van der Waals surface area contributed by atoms with E-state index in [0.29, 0.717) is 6.42 Å². The lowest BCUT2D eigenvalue weighted by Crippen LogP contribution is -2.45. The number of ketones is 1. The van der Waals surface area contributed by atoms with Gasteiger partial charge in [0.1, 0.15) is 11.8 Å². The fourth-order valence-electron chi connectivity index (χ4n) is 4.42. The Balaban J connectivity index is 1.48. The molecule has 0 aromatic heterocycles. The maximum absolute atomic E-state index is 13.3. The van der Waals surface area contributed by atoms with Crippen LogP contribution < -0.4 is 5.32 Å². The number of fused-ring (bicyclic) bond motifs is 1. The number of Topliss-reactive ketones (excluding diaryl/α,β-unsaturated/α-hetero) is 1. The molecule has 36 heavy (non-hydrogen) atoms. The van der Waals surface area contributed by atoms with Crippen LogP contribution in [0.3, 0.4) is 0 Å². The van der Waals surface area contributed by atoms with Gasteiger partial charge in [0, 0.05) is 25.2 Å². The summed E-state index contributed by atoms with van der Waals surface area (Å²) in [6.07, 6.45) is 0.778. The number of carbonyl (C=O) groups is 3. The average Bonchev–Trinajstić information content (AvgIpc) is 2.89. The maximum Gasteiger partial charge on any atom is 0.326 e. The lowest BCUT2D eigenvalue weighted by Gasteiger charge is -2.20. The first-order valence-electron chi connectivity index (χ1n) is 12.1. The Morgan fingerprint density at radius 2 is 1.25 bits per heavy atom. The smallest absolute Gasteiger partial charge is 0.326 e. The summed E-state index contributed by atoms with van der Waals surface area (Å²) >= 11 is 0. The Labute approximate surface area is 210 Å². The third-order valence-electron chi connectivity index (χ3n) is 6.28. The minimum atomic E-state index is -1.10. The van der Waals surface area contributed by atoms with Crippen molar-refractivity contribution < 1.29 is 19.5 Å². The van der Waals surface area contributed by atoms with Gasteiger partial charge in [-0.05, 0) is 33.9 Å². The Morgan fingerprint density at radius 3 is 1.89 bits per heavy atom. The summed E-state index contributed by atoms with van der Waals surface area (Å²) < 4.78 is 0. The van der Waals surface area contributed by atoms with Gasteiger partial charge in [0.05, 0.1) is 0 Å². The van der Waals surface area contributed by atoms with E-state index in [-0.39, 0.29) is 25.0 Å². The molecule has 4 aromatic rings. The third-order valence-corrected chi connectivity index (χ3v) is 6.28. The summed E-state index contributed by atoms with van der Waals surface area (Å²) in [5, 5.41) is 14.6. The molecule has 0 heterocycles. The number of hydrogen-bond acceptors (Lipinski definition) is 3. The van der Waals surface area contributed by atoms with E-state index in [0.717, 1.165) is 27.5 Å². The van der Waals surface area contributed by atoms with E-state index in [2.05, 4.69) is 5.32 Å². The molecule has 0 aliphatic heterocycles. The van der Waals surface area contributed by atoms with Gasteiger partial charge in [-0.1, -0.05) is 103 Å². The third kappa shape index (κ3) is 6.89. The molecule has 0 fully saturated rings. The zero-order valence-corrected chi connectivity index (χ0v) is 20.0. The van der Waals surface area contributed by atoms with Crippen LogP contribution in [-0.4, -0.2) is 28.8 Å². The van der Waals surface area contributed by atoms with E-state index in [1.165, 1.54) is 0 Å². The summed E-state index contributed by atoms with van der Waals surface area (Å²) in [5.41, 5.74) is 2.63. The van der Waals surface area contributed by atoms with Crippen LogP contribution in [0, 0.1) is 5.92 Å². The summed E-state index contributed by atoms with van der Waals surface area (Å²) in [7, 11) is 0. The molecule has 0 spiro atoms. The number of carboxylic acids is 1. The van der Waals surface area contributed by atoms with E-state index in [4.69, 9.17) is 0 Å². The van der Waals surface area contributed by atoms with Crippen molar-refractivity contribution in [3.05, 3.63) is 120 Å². The largest absolute Gasteiger partial charge is 0.480 e. The first-order valence-corrected chi connectivity index (χ1v) is 12.1. The van der Waals surface area contributed by atoms with Gasteiger partial charge in [0.15, 0.2) is 0 Å². The van der Waals surface area contributed by atoms with Gasteiger partial charge >= 0.3 is 5.97 Å². The van der Waals surface area contributed by atoms with Crippen LogP contribution in [0.15, 0.2) is 103 Å². The molecule has 4 aromatic carbocycles. The van der Waals surface area contributed by atoms with Crippen LogP contribution in [0.25, 0.3) is 10.8 Å². The van der Waals surface area contributed by atoms with Crippen molar-refractivity contribution in [2.24, 2.45) is 5.92 Å². The highest BCUT2D eigenvalue weighted by atomic mass is 16.4. The molecule has 0 bridgehead atoms. The molecule has 0 saturated carbocycles. The second-order valence-corrected chi connectivity index (χ2v) is 9.08. The van der Waals surface area contributed by atoms with Crippen LogP contribution in [0.2, 0.25) is 0 Å². The van der Waals surface area contributed by atoms with Crippen molar-refractivity contribution in [2.75, 3.05) is 0 Å². The Bertz CT molecular complexity index is 1330. The van der Waals surface area contributed by atoms with E-state index in [9.17, 15) is 19.5 Å². The molecule has 0 saturated heterocycles. The molecular formula is C31H29NO4. The van der Waals surface area contributed by atoms with Crippen LogP contribution in [-0.2, 0) is 33.6 Å². The average molecular weight is 480 g/mol. The van der Waals surface area contributed by atoms with Crippen molar-refractivity contribution in [3.63, 3.8) is 0 Å². The summed E-state index contributed by atoms with van der Waals surface area (Å²) in [4.78, 5) is 38.3. The minimum absolute atomic E-state index is 0.0330. The Hall–Kier alpha value is -4.25. The molecule has 4 rings (SSSR count). The molecule has 0 aliphatic rings. The van der Waals surface area contributed by atoms with Crippen LogP contribution in [0.4, 0.5) is 0 Å². The summed E-state index contributed by atoms with van der Waals surface area (Å²) in [5.74, 6) is -2.25. The van der Waals surface area contributed by atoms with E-state index < -0.39 is 23.8 Å². The molecule has 182 valence electrons. The molecule has 0 aliphatic carbocycles. The number of nitrogens with one attached hydrogen (secondary N) is 1. The Morgan fingerprint density at radius 1 is 0.667 bits per heavy atom. The quantitative estimate of drug-likeness (QED) is 0.317. The second kappa shape index (κ2) is 11.9. The van der Waals surface area contributed by atoms with Crippen LogP contribution >= 0.6 is 0 Å². The monoisotopic (exact) mass is 479 g/mol. The van der Waals surface area contributed by atoms with E-state index in [1.54, 1.807) is 0 Å². The van der Waals surface area contributed by atoms with Gasteiger partial charge in [-0.2, -0.15) is 0 Å². The van der Waals surface area contributed by atoms with Gasteiger partial charge in [-0.25, -0.2) is 4.79 Å². The topological polar surface area (TPSA) is 83.5 Å². The number of rotatable bonds is 11. The predicted octanol–water partition coefficient (Wildman–Crippen LogP) is 5.01. The van der Waals surface area contributed by atoms with E-state index >= 15 is 0 Å². The SMILES string of the molecule is O=C(Cc1ccc2ccccc2c1)C[C@@H](Cc1ccccc1)C(=O)N[C@@H](Cc1ccccc1)C(=O)O. The fraction of sp³-hybridized carbons (Fsp3) is 0.194. The number of hydrogen-bond donors (Lipinski definition) is 2. The summed E-state index contributed by atoms with van der Waals surface area (Å²) in [6, 6.07) is 31.5. The van der Waals surface area contributed by atoms with Crippen LogP contribution in [0.1, 0.15) is 23.1 Å². The maximum atomic E-state index is 13.3. The number of benzene rings is 4. The zero-order valence-electron chi connectivity index (χ0n) is 20.0. The fourth-order valence-corrected chi connectivity index (χ4v) is 4.42. The highest BCUT2D eigenvalue weighted by Crippen LogP contribution is 2.19. The molecule has 2 atom stereocenters. The van der Waals surface area contributed by atoms with Crippen molar-refractivity contribution in [1.82, 2.24) is 5.32 Å².